The number of rotatable bonds is 5. The van der Waals surface area contributed by atoms with Gasteiger partial charge in [-0.1, -0.05) is 23.7 Å². The number of H-pyrrole nitrogens is 1. The van der Waals surface area contributed by atoms with Crippen LogP contribution in [-0.4, -0.2) is 50.6 Å². The van der Waals surface area contributed by atoms with Crippen molar-refractivity contribution in [1.29, 1.82) is 0 Å². The number of nitrogens with zero attached hydrogens (tertiary/aromatic N) is 2. The van der Waals surface area contributed by atoms with Gasteiger partial charge in [-0.3, -0.25) is 9.89 Å². The molecule has 0 saturated carbocycles. The fourth-order valence-corrected chi connectivity index (χ4v) is 4.30. The van der Waals surface area contributed by atoms with Crippen molar-refractivity contribution in [2.75, 3.05) is 19.4 Å². The number of phenolic OH excluding ortho intramolecular Hbond substituents is 1. The molecule has 2 aromatic carbocycles. The first-order valence-corrected chi connectivity index (χ1v) is 10.7. The number of fused-ring (bicyclic) bond motifs is 1. The molecule has 6 nitrogen and oxygen atoms in total. The number of carbonyl (C=O) groups excluding carboxylic acids is 1. The Hall–Kier alpha value is -2.48. The van der Waals surface area contributed by atoms with Crippen LogP contribution in [0.1, 0.15) is 33.2 Å². The minimum atomic E-state index is -0.422. The summed E-state index contributed by atoms with van der Waals surface area (Å²) in [4.78, 5) is 15.7. The van der Waals surface area contributed by atoms with Gasteiger partial charge in [0.05, 0.1) is 12.6 Å². The van der Waals surface area contributed by atoms with Crippen LogP contribution in [0.15, 0.2) is 41.3 Å². The molecule has 1 aliphatic rings. The highest BCUT2D eigenvalue weighted by Crippen LogP contribution is 2.45. The second-order valence-corrected chi connectivity index (χ2v) is 8.16. The Morgan fingerprint density at radius 3 is 2.66 bits per heavy atom. The van der Waals surface area contributed by atoms with Gasteiger partial charge in [-0.05, 0) is 48.6 Å². The van der Waals surface area contributed by atoms with Crippen LogP contribution in [0.4, 0.5) is 0 Å². The number of aromatic hydroxyl groups is 1. The lowest BCUT2D eigenvalue weighted by molar-refractivity contribution is 0.0706. The molecule has 29 heavy (non-hydrogen) atoms. The van der Waals surface area contributed by atoms with Crippen LogP contribution >= 0.6 is 23.4 Å². The molecule has 150 valence electrons. The van der Waals surface area contributed by atoms with E-state index in [4.69, 9.17) is 11.6 Å². The Morgan fingerprint density at radius 1 is 1.28 bits per heavy atom. The Labute approximate surface area is 177 Å². The van der Waals surface area contributed by atoms with Crippen LogP contribution < -0.4 is 0 Å². The molecule has 1 unspecified atom stereocenters. The van der Waals surface area contributed by atoms with Crippen molar-refractivity contribution in [2.45, 2.75) is 17.9 Å². The summed E-state index contributed by atoms with van der Waals surface area (Å²) in [6.45, 7) is 1.85. The Balaban J connectivity index is 1.90. The number of aliphatic hydroxyl groups is 1. The van der Waals surface area contributed by atoms with Crippen LogP contribution in [0, 0.1) is 6.92 Å². The molecule has 8 heteroatoms. The minimum absolute atomic E-state index is 0.0470. The number of benzene rings is 2. The van der Waals surface area contributed by atoms with E-state index >= 15 is 0 Å². The van der Waals surface area contributed by atoms with Crippen molar-refractivity contribution in [3.8, 4) is 17.0 Å². The van der Waals surface area contributed by atoms with Crippen molar-refractivity contribution < 1.29 is 15.0 Å². The third-order valence-electron chi connectivity index (χ3n) is 5.17. The van der Waals surface area contributed by atoms with E-state index in [2.05, 4.69) is 10.2 Å². The summed E-state index contributed by atoms with van der Waals surface area (Å²) in [6, 6.07) is 10.8. The summed E-state index contributed by atoms with van der Waals surface area (Å²) < 4.78 is 0. The molecule has 1 atom stereocenters. The molecule has 0 aliphatic carbocycles. The van der Waals surface area contributed by atoms with Crippen LogP contribution in [0.2, 0.25) is 5.02 Å². The summed E-state index contributed by atoms with van der Waals surface area (Å²) in [6.07, 6.45) is 2.00. The third kappa shape index (κ3) is 3.29. The second kappa shape index (κ2) is 7.74. The van der Waals surface area contributed by atoms with Crippen LogP contribution in [0.3, 0.4) is 0 Å². The van der Waals surface area contributed by atoms with Gasteiger partial charge in [-0.25, -0.2) is 0 Å². The molecular formula is C21H20ClN3O3S. The quantitative estimate of drug-likeness (QED) is 0.533. The predicted molar refractivity (Wildman–Crippen MR) is 114 cm³/mol. The molecule has 3 aromatic rings. The van der Waals surface area contributed by atoms with Crippen molar-refractivity contribution in [1.82, 2.24) is 15.1 Å². The van der Waals surface area contributed by atoms with Crippen molar-refractivity contribution >= 4 is 29.3 Å². The first kappa shape index (κ1) is 19.8. The number of hydrogen-bond donors (Lipinski definition) is 3. The number of hydrogen-bond acceptors (Lipinski definition) is 5. The Bertz CT molecular complexity index is 1080. The van der Waals surface area contributed by atoms with E-state index in [0.717, 1.165) is 16.0 Å². The maximum atomic E-state index is 13.0. The first-order valence-electron chi connectivity index (χ1n) is 9.09. The van der Waals surface area contributed by atoms with Crippen molar-refractivity contribution in [2.24, 2.45) is 0 Å². The lowest BCUT2D eigenvalue weighted by atomic mass is 9.95. The Kier molecular flexibility index (Phi) is 5.29. The number of thioether (sulfide) groups is 1. The number of halogens is 1. The summed E-state index contributed by atoms with van der Waals surface area (Å²) >= 11 is 7.92. The number of carbonyl (C=O) groups is 1. The van der Waals surface area contributed by atoms with Gasteiger partial charge in [0.25, 0.3) is 5.91 Å². The smallest absolute Gasteiger partial charge is 0.273 e. The SMILES string of the molecule is CSc1ccc(C2c3c(-c4cc(Cl)c(C)cc4O)n[nH]c3C(=O)N2CCO)cc1. The minimum Gasteiger partial charge on any atom is -0.507 e. The van der Waals surface area contributed by atoms with E-state index in [0.29, 0.717) is 27.5 Å². The largest absolute Gasteiger partial charge is 0.507 e. The average Bonchev–Trinajstić information content (AvgIpc) is 3.25. The lowest BCUT2D eigenvalue weighted by Gasteiger charge is -2.25. The summed E-state index contributed by atoms with van der Waals surface area (Å²) in [5.74, 6) is -0.185. The topological polar surface area (TPSA) is 89.5 Å². The van der Waals surface area contributed by atoms with E-state index in [9.17, 15) is 15.0 Å². The molecule has 0 bridgehead atoms. The average molecular weight is 430 g/mol. The van der Waals surface area contributed by atoms with Crippen molar-refractivity contribution in [3.05, 3.63) is 63.8 Å². The molecule has 0 fully saturated rings. The molecule has 2 heterocycles. The van der Waals surface area contributed by atoms with Gasteiger partial charge in [-0.15, -0.1) is 11.8 Å². The van der Waals surface area contributed by atoms with E-state index in [1.54, 1.807) is 28.8 Å². The molecule has 1 aromatic heterocycles. The number of aromatic amines is 1. The number of nitrogens with one attached hydrogen (secondary N) is 1. The number of aryl methyl sites for hydroxylation is 1. The fourth-order valence-electron chi connectivity index (χ4n) is 3.73. The summed E-state index contributed by atoms with van der Waals surface area (Å²) in [7, 11) is 0. The number of amides is 1. The molecule has 3 N–H and O–H groups in total. The fraction of sp³-hybridized carbons (Fsp3) is 0.238. The van der Waals surface area contributed by atoms with Gasteiger partial charge in [-0.2, -0.15) is 5.10 Å². The zero-order chi connectivity index (χ0) is 20.7. The van der Waals surface area contributed by atoms with Gasteiger partial charge >= 0.3 is 0 Å². The first-order chi connectivity index (χ1) is 14.0. The van der Waals surface area contributed by atoms with E-state index in [-0.39, 0.29) is 24.8 Å². The van der Waals surface area contributed by atoms with Gasteiger partial charge in [0.15, 0.2) is 0 Å². The second-order valence-electron chi connectivity index (χ2n) is 6.88. The van der Waals surface area contributed by atoms with E-state index in [1.165, 1.54) is 0 Å². The van der Waals surface area contributed by atoms with Gasteiger partial charge < -0.3 is 15.1 Å². The van der Waals surface area contributed by atoms with Crippen LogP contribution in [-0.2, 0) is 0 Å². The van der Waals surface area contributed by atoms with Crippen molar-refractivity contribution in [3.63, 3.8) is 0 Å². The molecule has 0 spiro atoms. The number of aliphatic hydroxyl groups excluding tert-OH is 1. The summed E-state index contributed by atoms with van der Waals surface area (Å²) in [5, 5.41) is 27.7. The predicted octanol–water partition coefficient (Wildman–Crippen LogP) is 4.00. The molecular weight excluding hydrogens is 410 g/mol. The maximum absolute atomic E-state index is 13.0. The number of phenols is 1. The van der Waals surface area contributed by atoms with E-state index in [1.807, 2.05) is 37.4 Å². The zero-order valence-electron chi connectivity index (χ0n) is 15.9. The van der Waals surface area contributed by atoms with Gasteiger partial charge in [0.2, 0.25) is 0 Å². The monoisotopic (exact) mass is 429 g/mol. The Morgan fingerprint density at radius 2 is 2.00 bits per heavy atom. The van der Waals surface area contributed by atoms with Crippen LogP contribution in [0.5, 0.6) is 5.75 Å². The normalized spacial score (nSPS) is 15.8. The highest BCUT2D eigenvalue weighted by molar-refractivity contribution is 7.98. The molecule has 0 saturated heterocycles. The standard InChI is InChI=1S/C21H20ClN3O3S/c1-11-9-16(27)14(10-15(11)22)18-17-19(24-23-18)21(28)25(7-8-26)20(17)12-3-5-13(29-2)6-4-12/h3-6,9-10,20,26-27H,7-8H2,1-2H3,(H,23,24). The highest BCUT2D eigenvalue weighted by Gasteiger charge is 2.42. The molecule has 4 rings (SSSR count). The zero-order valence-corrected chi connectivity index (χ0v) is 17.5. The highest BCUT2D eigenvalue weighted by atomic mass is 35.5. The number of β-amino-alcohol motifs (C(OH)–C–C–N with tert-alkyl or cyclic N) is 1. The third-order valence-corrected chi connectivity index (χ3v) is 6.32. The van der Waals surface area contributed by atoms with Gasteiger partial charge in [0, 0.05) is 27.6 Å². The number of aromatic nitrogens is 2. The molecule has 1 aliphatic heterocycles. The molecule has 0 radical (unpaired) electrons. The molecule has 1 amide bonds. The van der Waals surface area contributed by atoms with Gasteiger partial charge in [0.1, 0.15) is 17.1 Å². The maximum Gasteiger partial charge on any atom is 0.273 e. The van der Waals surface area contributed by atoms with E-state index < -0.39 is 6.04 Å². The van der Waals surface area contributed by atoms with Crippen LogP contribution in [0.25, 0.3) is 11.3 Å². The summed E-state index contributed by atoms with van der Waals surface area (Å²) in [5.41, 5.74) is 3.64. The lowest BCUT2D eigenvalue weighted by Crippen LogP contribution is -2.32.